The third-order valence-corrected chi connectivity index (χ3v) is 3.80. The third kappa shape index (κ3) is 4.73. The van der Waals surface area contributed by atoms with E-state index in [-0.39, 0.29) is 31.1 Å². The van der Waals surface area contributed by atoms with Crippen LogP contribution in [-0.4, -0.2) is 33.1 Å². The summed E-state index contributed by atoms with van der Waals surface area (Å²) in [5.41, 5.74) is 2.81. The zero-order valence-corrected chi connectivity index (χ0v) is 14.4. The van der Waals surface area contributed by atoms with Crippen LogP contribution >= 0.6 is 12.4 Å². The molecule has 24 heavy (non-hydrogen) atoms. The Morgan fingerprint density at radius 1 is 1.29 bits per heavy atom. The van der Waals surface area contributed by atoms with Gasteiger partial charge in [0.05, 0.1) is 24.9 Å². The van der Waals surface area contributed by atoms with E-state index in [4.69, 9.17) is 5.11 Å². The van der Waals surface area contributed by atoms with E-state index in [1.54, 1.807) is 4.68 Å². The molecular formula is C16H22ClF2N3O2. The molecule has 0 saturated heterocycles. The Morgan fingerprint density at radius 2 is 2.00 bits per heavy atom. The summed E-state index contributed by atoms with van der Waals surface area (Å²) < 4.78 is 28.2. The smallest absolute Gasteiger partial charge is 0.131 e. The average Bonchev–Trinajstić information content (AvgIpc) is 2.75. The maximum Gasteiger partial charge on any atom is 0.131 e. The van der Waals surface area contributed by atoms with Crippen molar-refractivity contribution < 1.29 is 19.0 Å². The van der Waals surface area contributed by atoms with Crippen LogP contribution in [0.25, 0.3) is 0 Å². The van der Waals surface area contributed by atoms with Gasteiger partial charge in [0.15, 0.2) is 0 Å². The summed E-state index contributed by atoms with van der Waals surface area (Å²) in [6.07, 6.45) is -1.07. The van der Waals surface area contributed by atoms with Gasteiger partial charge in [-0.1, -0.05) is 6.07 Å². The number of rotatable bonds is 7. The number of halogens is 3. The molecule has 1 aromatic heterocycles. The number of nitrogens with zero attached hydrogens (tertiary/aromatic N) is 2. The predicted molar refractivity (Wildman–Crippen MR) is 89.1 cm³/mol. The van der Waals surface area contributed by atoms with Crippen LogP contribution in [0.4, 0.5) is 8.78 Å². The van der Waals surface area contributed by atoms with Crippen molar-refractivity contribution in [1.82, 2.24) is 15.1 Å². The van der Waals surface area contributed by atoms with E-state index in [0.29, 0.717) is 13.1 Å². The van der Waals surface area contributed by atoms with Gasteiger partial charge in [0.2, 0.25) is 0 Å². The molecule has 0 spiro atoms. The summed E-state index contributed by atoms with van der Waals surface area (Å²) >= 11 is 0. The Labute approximate surface area is 145 Å². The molecule has 2 rings (SSSR count). The van der Waals surface area contributed by atoms with E-state index in [2.05, 4.69) is 10.4 Å². The van der Waals surface area contributed by atoms with Crippen molar-refractivity contribution in [2.45, 2.75) is 33.0 Å². The maximum atomic E-state index is 13.6. The molecule has 0 aliphatic rings. The van der Waals surface area contributed by atoms with Crippen molar-refractivity contribution in [2.24, 2.45) is 0 Å². The van der Waals surface area contributed by atoms with E-state index in [1.165, 1.54) is 6.07 Å². The van der Waals surface area contributed by atoms with Crippen LogP contribution in [0.15, 0.2) is 18.2 Å². The van der Waals surface area contributed by atoms with Gasteiger partial charge in [-0.15, -0.1) is 12.4 Å². The summed E-state index contributed by atoms with van der Waals surface area (Å²) in [6.45, 7) is 4.81. The van der Waals surface area contributed by atoms with Gasteiger partial charge in [0.1, 0.15) is 11.6 Å². The predicted octanol–water partition coefficient (Wildman–Crippen LogP) is 2.02. The minimum Gasteiger partial charge on any atom is -0.394 e. The van der Waals surface area contributed by atoms with E-state index in [0.717, 1.165) is 29.1 Å². The largest absolute Gasteiger partial charge is 0.394 e. The standard InChI is InChI=1S/C16H21F2N3O2.ClH/c1-10-14(11(2)21(20-10)5-6-22)8-19-9-16(23)13-4-3-12(17)7-15(13)18;/h3-4,7,16,19,22-23H,5-6,8-9H2,1-2H3;1H. The van der Waals surface area contributed by atoms with Crippen molar-refractivity contribution in [2.75, 3.05) is 13.2 Å². The fraction of sp³-hybridized carbons (Fsp3) is 0.438. The molecule has 1 unspecified atom stereocenters. The molecule has 3 N–H and O–H groups in total. The van der Waals surface area contributed by atoms with Crippen LogP contribution in [0.3, 0.4) is 0 Å². The van der Waals surface area contributed by atoms with Crippen LogP contribution in [0.2, 0.25) is 0 Å². The molecule has 0 radical (unpaired) electrons. The minimum atomic E-state index is -1.07. The fourth-order valence-corrected chi connectivity index (χ4v) is 2.52. The van der Waals surface area contributed by atoms with Crippen molar-refractivity contribution in [3.8, 4) is 0 Å². The Morgan fingerprint density at radius 3 is 2.62 bits per heavy atom. The first-order chi connectivity index (χ1) is 10.9. The summed E-state index contributed by atoms with van der Waals surface area (Å²) in [7, 11) is 0. The number of hydrogen-bond acceptors (Lipinski definition) is 4. The second-order valence-corrected chi connectivity index (χ2v) is 5.41. The molecular weight excluding hydrogens is 340 g/mol. The molecule has 2 aromatic rings. The Kier molecular flexibility index (Phi) is 7.75. The zero-order chi connectivity index (χ0) is 17.0. The highest BCUT2D eigenvalue weighted by atomic mass is 35.5. The average molecular weight is 362 g/mol. The van der Waals surface area contributed by atoms with E-state index < -0.39 is 17.7 Å². The van der Waals surface area contributed by atoms with Crippen molar-refractivity contribution in [3.05, 3.63) is 52.3 Å². The lowest BCUT2D eigenvalue weighted by Crippen LogP contribution is -2.22. The highest BCUT2D eigenvalue weighted by Gasteiger charge is 2.15. The Hall–Kier alpha value is -1.54. The van der Waals surface area contributed by atoms with E-state index >= 15 is 0 Å². The van der Waals surface area contributed by atoms with Crippen LogP contribution in [0, 0.1) is 25.5 Å². The first kappa shape index (κ1) is 20.5. The van der Waals surface area contributed by atoms with Crippen LogP contribution in [0.1, 0.15) is 28.6 Å². The molecule has 0 aliphatic heterocycles. The number of benzene rings is 1. The summed E-state index contributed by atoms with van der Waals surface area (Å²) in [6, 6.07) is 3.12. The molecule has 134 valence electrons. The highest BCUT2D eigenvalue weighted by molar-refractivity contribution is 5.85. The molecule has 0 fully saturated rings. The molecule has 0 saturated carbocycles. The fourth-order valence-electron chi connectivity index (χ4n) is 2.52. The molecule has 1 atom stereocenters. The van der Waals surface area contributed by atoms with Crippen molar-refractivity contribution in [3.63, 3.8) is 0 Å². The Balaban J connectivity index is 0.00000288. The molecule has 1 heterocycles. The van der Waals surface area contributed by atoms with Gasteiger partial charge in [0, 0.05) is 36.0 Å². The molecule has 0 bridgehead atoms. The maximum absolute atomic E-state index is 13.6. The van der Waals surface area contributed by atoms with Crippen LogP contribution < -0.4 is 5.32 Å². The van der Waals surface area contributed by atoms with Gasteiger partial charge in [0.25, 0.3) is 0 Å². The topological polar surface area (TPSA) is 70.3 Å². The third-order valence-electron chi connectivity index (χ3n) is 3.80. The zero-order valence-electron chi connectivity index (χ0n) is 13.6. The number of aryl methyl sites for hydroxylation is 1. The lowest BCUT2D eigenvalue weighted by molar-refractivity contribution is 0.169. The highest BCUT2D eigenvalue weighted by Crippen LogP contribution is 2.18. The van der Waals surface area contributed by atoms with Gasteiger partial charge >= 0.3 is 0 Å². The van der Waals surface area contributed by atoms with Gasteiger partial charge in [-0.2, -0.15) is 5.10 Å². The van der Waals surface area contributed by atoms with Crippen molar-refractivity contribution in [1.29, 1.82) is 0 Å². The van der Waals surface area contributed by atoms with Gasteiger partial charge in [-0.3, -0.25) is 4.68 Å². The monoisotopic (exact) mass is 361 g/mol. The molecule has 0 amide bonds. The number of aliphatic hydroxyl groups excluding tert-OH is 2. The van der Waals surface area contributed by atoms with Gasteiger partial charge in [-0.25, -0.2) is 8.78 Å². The van der Waals surface area contributed by atoms with Crippen LogP contribution in [-0.2, 0) is 13.1 Å². The summed E-state index contributed by atoms with van der Waals surface area (Å²) in [4.78, 5) is 0. The van der Waals surface area contributed by atoms with E-state index in [1.807, 2.05) is 13.8 Å². The number of nitrogens with one attached hydrogen (secondary N) is 1. The van der Waals surface area contributed by atoms with Crippen molar-refractivity contribution >= 4 is 12.4 Å². The first-order valence-corrected chi connectivity index (χ1v) is 7.41. The molecule has 0 aliphatic carbocycles. The van der Waals surface area contributed by atoms with E-state index in [9.17, 15) is 13.9 Å². The SMILES string of the molecule is Cc1nn(CCO)c(C)c1CNCC(O)c1ccc(F)cc1F.Cl. The quantitative estimate of drug-likeness (QED) is 0.705. The molecule has 1 aromatic carbocycles. The molecule has 8 heteroatoms. The van der Waals surface area contributed by atoms with Gasteiger partial charge in [-0.05, 0) is 19.9 Å². The minimum absolute atomic E-state index is 0. The number of hydrogen-bond donors (Lipinski definition) is 3. The lowest BCUT2D eigenvalue weighted by Gasteiger charge is -2.13. The first-order valence-electron chi connectivity index (χ1n) is 7.41. The second-order valence-electron chi connectivity index (χ2n) is 5.41. The molecule has 5 nitrogen and oxygen atoms in total. The second kappa shape index (κ2) is 9.08. The lowest BCUT2D eigenvalue weighted by atomic mass is 10.1. The Bertz CT molecular complexity index is 680. The normalized spacial score (nSPS) is 12.1. The van der Waals surface area contributed by atoms with Crippen LogP contribution in [0.5, 0.6) is 0 Å². The number of aromatic nitrogens is 2. The summed E-state index contributed by atoms with van der Waals surface area (Å²) in [5.74, 6) is -1.43. The number of aliphatic hydroxyl groups is 2. The van der Waals surface area contributed by atoms with Gasteiger partial charge < -0.3 is 15.5 Å². The summed E-state index contributed by atoms with van der Waals surface area (Å²) in [5, 5.41) is 26.4.